The molecule has 0 bridgehead atoms. The fourth-order valence-corrected chi connectivity index (χ4v) is 1.46. The van der Waals surface area contributed by atoms with Crippen LogP contribution in [-0.2, 0) is 0 Å². The molecule has 1 N–H and O–H groups in total. The third-order valence-corrected chi connectivity index (χ3v) is 2.13. The van der Waals surface area contributed by atoms with Gasteiger partial charge in [-0.15, -0.1) is 0 Å². The standard InChI is InChI=1S/C10H7N5/c1-2-4-11-7(3-1)8-9-10(14-5-12-8)15-6-13-9/h1-6H,(H,12,13,14,15). The highest BCUT2D eigenvalue weighted by Gasteiger charge is 2.07. The van der Waals surface area contributed by atoms with Crippen LogP contribution in [0.15, 0.2) is 37.1 Å². The number of hydrogen-bond acceptors (Lipinski definition) is 4. The predicted molar refractivity (Wildman–Crippen MR) is 54.9 cm³/mol. The molecule has 0 radical (unpaired) electrons. The van der Waals surface area contributed by atoms with E-state index in [0.29, 0.717) is 5.65 Å². The van der Waals surface area contributed by atoms with E-state index >= 15 is 0 Å². The summed E-state index contributed by atoms with van der Waals surface area (Å²) in [5.41, 5.74) is 3.06. The van der Waals surface area contributed by atoms with E-state index in [4.69, 9.17) is 0 Å². The molecule has 0 spiro atoms. The van der Waals surface area contributed by atoms with Crippen LogP contribution in [0.1, 0.15) is 0 Å². The van der Waals surface area contributed by atoms with Crippen molar-refractivity contribution in [3.63, 3.8) is 0 Å². The van der Waals surface area contributed by atoms with Gasteiger partial charge in [0.1, 0.15) is 17.5 Å². The second-order valence-electron chi connectivity index (χ2n) is 3.04. The number of H-pyrrole nitrogens is 1. The lowest BCUT2D eigenvalue weighted by Crippen LogP contribution is -1.89. The first-order valence-corrected chi connectivity index (χ1v) is 4.50. The van der Waals surface area contributed by atoms with Crippen LogP contribution >= 0.6 is 0 Å². The van der Waals surface area contributed by atoms with Gasteiger partial charge in [-0.1, -0.05) is 6.07 Å². The zero-order valence-corrected chi connectivity index (χ0v) is 7.75. The molecule has 0 amide bonds. The maximum absolute atomic E-state index is 4.24. The molecule has 15 heavy (non-hydrogen) atoms. The Balaban J connectivity index is 2.31. The first kappa shape index (κ1) is 8.05. The smallest absolute Gasteiger partial charge is 0.181 e. The van der Waals surface area contributed by atoms with Crippen LogP contribution in [0.25, 0.3) is 22.6 Å². The second-order valence-corrected chi connectivity index (χ2v) is 3.04. The van der Waals surface area contributed by atoms with E-state index in [1.165, 1.54) is 6.33 Å². The Morgan fingerprint density at radius 2 is 2.00 bits per heavy atom. The minimum absolute atomic E-state index is 0.658. The van der Waals surface area contributed by atoms with Gasteiger partial charge in [0.2, 0.25) is 0 Å². The van der Waals surface area contributed by atoms with Gasteiger partial charge in [0.25, 0.3) is 0 Å². The van der Waals surface area contributed by atoms with Gasteiger partial charge in [0, 0.05) is 6.20 Å². The molecular weight excluding hydrogens is 190 g/mol. The summed E-state index contributed by atoms with van der Waals surface area (Å²) >= 11 is 0. The summed E-state index contributed by atoms with van der Waals surface area (Å²) in [5, 5.41) is 0. The Hall–Kier alpha value is -2.30. The molecule has 3 heterocycles. The van der Waals surface area contributed by atoms with Gasteiger partial charge in [-0.05, 0) is 12.1 Å². The summed E-state index contributed by atoms with van der Waals surface area (Å²) in [6, 6.07) is 5.70. The van der Waals surface area contributed by atoms with E-state index in [1.54, 1.807) is 12.5 Å². The molecule has 3 aromatic rings. The molecule has 3 aromatic heterocycles. The van der Waals surface area contributed by atoms with Gasteiger partial charge in [-0.3, -0.25) is 4.98 Å². The lowest BCUT2D eigenvalue weighted by atomic mass is 10.2. The van der Waals surface area contributed by atoms with Crippen molar-refractivity contribution in [1.82, 2.24) is 24.9 Å². The number of imidazole rings is 1. The van der Waals surface area contributed by atoms with Gasteiger partial charge in [0.05, 0.1) is 12.0 Å². The van der Waals surface area contributed by atoms with E-state index in [9.17, 15) is 0 Å². The third kappa shape index (κ3) is 1.25. The van der Waals surface area contributed by atoms with Crippen molar-refractivity contribution in [3.8, 4) is 11.4 Å². The summed E-state index contributed by atoms with van der Waals surface area (Å²) in [5.74, 6) is 0. The summed E-state index contributed by atoms with van der Waals surface area (Å²) < 4.78 is 0. The topological polar surface area (TPSA) is 67.3 Å². The highest BCUT2D eigenvalue weighted by atomic mass is 15.0. The van der Waals surface area contributed by atoms with Crippen molar-refractivity contribution < 1.29 is 0 Å². The molecular formula is C10H7N5. The summed E-state index contributed by atoms with van der Waals surface area (Å²) in [4.78, 5) is 19.6. The first-order chi connectivity index (χ1) is 7.45. The van der Waals surface area contributed by atoms with Crippen molar-refractivity contribution in [2.45, 2.75) is 0 Å². The number of aromatic nitrogens is 5. The molecule has 0 atom stereocenters. The Kier molecular flexibility index (Phi) is 1.68. The number of hydrogen-bond donors (Lipinski definition) is 1. The Labute approximate surface area is 85.3 Å². The predicted octanol–water partition coefficient (Wildman–Crippen LogP) is 1.41. The lowest BCUT2D eigenvalue weighted by Gasteiger charge is -1.98. The van der Waals surface area contributed by atoms with Crippen LogP contribution in [0.4, 0.5) is 0 Å². The maximum Gasteiger partial charge on any atom is 0.181 e. The van der Waals surface area contributed by atoms with Crippen molar-refractivity contribution in [3.05, 3.63) is 37.1 Å². The molecule has 0 aromatic carbocycles. The molecule has 0 aliphatic heterocycles. The molecule has 0 unspecified atom stereocenters. The normalized spacial score (nSPS) is 10.7. The average Bonchev–Trinajstić information content (AvgIpc) is 2.78. The molecule has 72 valence electrons. The quantitative estimate of drug-likeness (QED) is 0.640. The summed E-state index contributed by atoms with van der Waals surface area (Å²) in [7, 11) is 0. The van der Waals surface area contributed by atoms with E-state index in [0.717, 1.165) is 16.9 Å². The molecule has 0 aliphatic carbocycles. The summed E-state index contributed by atoms with van der Waals surface area (Å²) in [6.07, 6.45) is 4.83. The highest BCUT2D eigenvalue weighted by molar-refractivity contribution is 5.85. The number of rotatable bonds is 1. The molecule has 0 saturated carbocycles. The minimum atomic E-state index is 0.658. The number of nitrogens with one attached hydrogen (secondary N) is 1. The third-order valence-electron chi connectivity index (χ3n) is 2.13. The zero-order chi connectivity index (χ0) is 10.1. The maximum atomic E-state index is 4.24. The zero-order valence-electron chi connectivity index (χ0n) is 7.75. The fourth-order valence-electron chi connectivity index (χ4n) is 1.46. The van der Waals surface area contributed by atoms with Crippen LogP contribution in [0.2, 0.25) is 0 Å². The molecule has 5 nitrogen and oxygen atoms in total. The van der Waals surface area contributed by atoms with Gasteiger partial charge in [0.15, 0.2) is 5.65 Å². The number of fused-ring (bicyclic) bond motifs is 1. The summed E-state index contributed by atoms with van der Waals surface area (Å²) in [6.45, 7) is 0. The highest BCUT2D eigenvalue weighted by Crippen LogP contribution is 2.19. The lowest BCUT2D eigenvalue weighted by molar-refractivity contribution is 1.18. The van der Waals surface area contributed by atoms with E-state index < -0.39 is 0 Å². The van der Waals surface area contributed by atoms with Crippen LogP contribution < -0.4 is 0 Å². The van der Waals surface area contributed by atoms with Crippen molar-refractivity contribution in [2.75, 3.05) is 0 Å². The molecule has 0 aliphatic rings. The van der Waals surface area contributed by atoms with Gasteiger partial charge >= 0.3 is 0 Å². The largest absolute Gasteiger partial charge is 0.341 e. The molecule has 0 fully saturated rings. The van der Waals surface area contributed by atoms with E-state index in [-0.39, 0.29) is 0 Å². The monoisotopic (exact) mass is 197 g/mol. The van der Waals surface area contributed by atoms with Gasteiger partial charge < -0.3 is 4.98 Å². The number of nitrogens with zero attached hydrogens (tertiary/aromatic N) is 4. The molecule has 5 heteroatoms. The van der Waals surface area contributed by atoms with Gasteiger partial charge in [-0.2, -0.15) is 0 Å². The van der Waals surface area contributed by atoms with Crippen molar-refractivity contribution in [1.29, 1.82) is 0 Å². The SMILES string of the molecule is c1ccc(-c2ncnc3nc[nH]c23)nc1. The Morgan fingerprint density at radius 1 is 1.00 bits per heavy atom. The van der Waals surface area contributed by atoms with Crippen molar-refractivity contribution >= 4 is 11.2 Å². The van der Waals surface area contributed by atoms with Crippen LogP contribution in [0.3, 0.4) is 0 Å². The number of pyridine rings is 1. The van der Waals surface area contributed by atoms with E-state index in [2.05, 4.69) is 24.9 Å². The second kappa shape index (κ2) is 3.13. The first-order valence-electron chi connectivity index (χ1n) is 4.50. The number of aromatic amines is 1. The Morgan fingerprint density at radius 3 is 2.87 bits per heavy atom. The van der Waals surface area contributed by atoms with Gasteiger partial charge in [-0.25, -0.2) is 15.0 Å². The molecule has 0 saturated heterocycles. The molecule has 3 rings (SSSR count). The fraction of sp³-hybridized carbons (Fsp3) is 0. The minimum Gasteiger partial charge on any atom is -0.341 e. The van der Waals surface area contributed by atoms with Crippen LogP contribution in [-0.4, -0.2) is 24.9 Å². The Bertz CT molecular complexity index is 587. The average molecular weight is 197 g/mol. The van der Waals surface area contributed by atoms with Crippen molar-refractivity contribution in [2.24, 2.45) is 0 Å². The van der Waals surface area contributed by atoms with Crippen LogP contribution in [0, 0.1) is 0 Å². The van der Waals surface area contributed by atoms with E-state index in [1.807, 2.05) is 18.2 Å². The van der Waals surface area contributed by atoms with Crippen LogP contribution in [0.5, 0.6) is 0 Å².